The van der Waals surface area contributed by atoms with Gasteiger partial charge in [0.1, 0.15) is 5.78 Å². The van der Waals surface area contributed by atoms with Gasteiger partial charge < -0.3 is 0 Å². The molecule has 0 bridgehead atoms. The maximum Gasteiger partial charge on any atom is 0.152 e. The molecule has 0 aromatic carbocycles. The largest absolute Gasteiger partial charge is 0.300 e. The summed E-state index contributed by atoms with van der Waals surface area (Å²) in [4.78, 5) is 11.2. The molecule has 0 saturated carbocycles. The zero-order valence-electron chi connectivity index (χ0n) is 9.33. The molecule has 3 nitrogen and oxygen atoms in total. The van der Waals surface area contributed by atoms with Crippen LogP contribution in [0.4, 0.5) is 0 Å². The molecule has 0 radical (unpaired) electrons. The summed E-state index contributed by atoms with van der Waals surface area (Å²) in [5, 5.41) is 0.485. The number of carbonyl (C=O) groups is 1. The van der Waals surface area contributed by atoms with E-state index in [1.54, 1.807) is 13.8 Å². The Morgan fingerprint density at radius 1 is 1.20 bits per heavy atom. The van der Waals surface area contributed by atoms with E-state index in [1.165, 1.54) is 0 Å². The maximum absolute atomic E-state index is 11.4. The molecule has 0 amide bonds. The summed E-state index contributed by atoms with van der Waals surface area (Å²) in [5.41, 5.74) is 0. The molecule has 0 aromatic heterocycles. The van der Waals surface area contributed by atoms with Crippen LogP contribution in [0.25, 0.3) is 0 Å². The SMILES string of the molecule is CC(C)S(=O)(=O)CCCC(=O)CCCBr. The molecule has 15 heavy (non-hydrogen) atoms. The first kappa shape index (κ1) is 15.1. The second-order valence-electron chi connectivity index (χ2n) is 3.85. The second kappa shape index (κ2) is 7.39. The van der Waals surface area contributed by atoms with Gasteiger partial charge in [0.05, 0.1) is 11.0 Å². The van der Waals surface area contributed by atoms with E-state index >= 15 is 0 Å². The van der Waals surface area contributed by atoms with Crippen molar-refractivity contribution in [1.29, 1.82) is 0 Å². The van der Waals surface area contributed by atoms with Gasteiger partial charge in [-0.1, -0.05) is 15.9 Å². The van der Waals surface area contributed by atoms with Crippen LogP contribution in [0, 0.1) is 0 Å². The minimum atomic E-state index is -2.98. The molecule has 0 saturated heterocycles. The van der Waals surface area contributed by atoms with E-state index in [2.05, 4.69) is 15.9 Å². The molecule has 0 aliphatic heterocycles. The zero-order valence-corrected chi connectivity index (χ0v) is 11.7. The van der Waals surface area contributed by atoms with E-state index in [0.29, 0.717) is 19.3 Å². The normalized spacial score (nSPS) is 12.0. The fourth-order valence-corrected chi connectivity index (χ4v) is 2.39. The Morgan fingerprint density at radius 3 is 2.20 bits per heavy atom. The maximum atomic E-state index is 11.4. The van der Waals surface area contributed by atoms with Crippen LogP contribution in [0.5, 0.6) is 0 Å². The van der Waals surface area contributed by atoms with Crippen molar-refractivity contribution in [2.75, 3.05) is 11.1 Å². The van der Waals surface area contributed by atoms with Crippen LogP contribution in [0.3, 0.4) is 0 Å². The lowest BCUT2D eigenvalue weighted by Gasteiger charge is -2.06. The lowest BCUT2D eigenvalue weighted by Crippen LogP contribution is -2.18. The number of carbonyl (C=O) groups excluding carboxylic acids is 1. The van der Waals surface area contributed by atoms with Gasteiger partial charge in [-0.15, -0.1) is 0 Å². The van der Waals surface area contributed by atoms with Crippen molar-refractivity contribution < 1.29 is 13.2 Å². The van der Waals surface area contributed by atoms with Crippen LogP contribution >= 0.6 is 15.9 Å². The van der Waals surface area contributed by atoms with E-state index in [0.717, 1.165) is 11.8 Å². The standard InChI is InChI=1S/C10H19BrO3S/c1-9(2)15(13,14)8-4-6-10(12)5-3-7-11/h9H,3-8H2,1-2H3. The van der Waals surface area contributed by atoms with Crippen molar-refractivity contribution in [2.24, 2.45) is 0 Å². The van der Waals surface area contributed by atoms with Gasteiger partial charge in [-0.25, -0.2) is 8.42 Å². The molecule has 0 atom stereocenters. The molecular formula is C10H19BrO3S. The molecule has 0 N–H and O–H groups in total. The van der Waals surface area contributed by atoms with Gasteiger partial charge in [0.15, 0.2) is 9.84 Å². The third kappa shape index (κ3) is 7.06. The number of hydrogen-bond donors (Lipinski definition) is 0. The smallest absolute Gasteiger partial charge is 0.152 e. The van der Waals surface area contributed by atoms with Gasteiger partial charge in [-0.2, -0.15) is 0 Å². The van der Waals surface area contributed by atoms with Crippen LogP contribution in [0.2, 0.25) is 0 Å². The molecule has 0 rings (SSSR count). The minimum Gasteiger partial charge on any atom is -0.300 e. The molecule has 0 aliphatic rings. The van der Waals surface area contributed by atoms with Crippen LogP contribution in [0.15, 0.2) is 0 Å². The topological polar surface area (TPSA) is 51.2 Å². The monoisotopic (exact) mass is 298 g/mol. The van der Waals surface area contributed by atoms with E-state index in [-0.39, 0.29) is 16.8 Å². The summed E-state index contributed by atoms with van der Waals surface area (Å²) in [6.07, 6.45) is 2.23. The highest BCUT2D eigenvalue weighted by molar-refractivity contribution is 9.09. The fraction of sp³-hybridized carbons (Fsp3) is 0.900. The van der Waals surface area contributed by atoms with E-state index in [4.69, 9.17) is 0 Å². The summed E-state index contributed by atoms with van der Waals surface area (Å²) in [7, 11) is -2.98. The number of alkyl halides is 1. The second-order valence-corrected chi connectivity index (χ2v) is 7.32. The minimum absolute atomic E-state index is 0.130. The van der Waals surface area contributed by atoms with Crippen molar-refractivity contribution in [3.05, 3.63) is 0 Å². The molecule has 0 fully saturated rings. The summed E-state index contributed by atoms with van der Waals surface area (Å²) < 4.78 is 22.8. The number of hydrogen-bond acceptors (Lipinski definition) is 3. The Kier molecular flexibility index (Phi) is 7.44. The molecule has 0 heterocycles. The average Bonchev–Trinajstić information content (AvgIpc) is 2.14. The van der Waals surface area contributed by atoms with Crippen molar-refractivity contribution in [1.82, 2.24) is 0 Å². The highest BCUT2D eigenvalue weighted by Crippen LogP contribution is 2.06. The van der Waals surface area contributed by atoms with Crippen molar-refractivity contribution in [3.8, 4) is 0 Å². The van der Waals surface area contributed by atoms with Gasteiger partial charge in [0.2, 0.25) is 0 Å². The summed E-state index contributed by atoms with van der Waals surface area (Å²) in [6, 6.07) is 0. The zero-order chi connectivity index (χ0) is 11.9. The first-order valence-corrected chi connectivity index (χ1v) is 8.03. The predicted octanol–water partition coefficient (Wildman–Crippen LogP) is 2.33. The number of rotatable bonds is 8. The van der Waals surface area contributed by atoms with Gasteiger partial charge in [0, 0.05) is 18.2 Å². The van der Waals surface area contributed by atoms with Crippen molar-refractivity contribution >= 4 is 31.6 Å². The molecular weight excluding hydrogens is 280 g/mol. The van der Waals surface area contributed by atoms with Crippen molar-refractivity contribution in [2.45, 2.75) is 44.8 Å². The van der Waals surface area contributed by atoms with Crippen LogP contribution < -0.4 is 0 Å². The Morgan fingerprint density at radius 2 is 1.73 bits per heavy atom. The van der Waals surface area contributed by atoms with Crippen LogP contribution in [0.1, 0.15) is 39.5 Å². The Balaban J connectivity index is 3.75. The first-order chi connectivity index (χ1) is 6.90. The van der Waals surface area contributed by atoms with E-state index < -0.39 is 9.84 Å². The highest BCUT2D eigenvalue weighted by Gasteiger charge is 2.15. The summed E-state index contributed by atoms with van der Waals surface area (Å²) in [5.74, 6) is 0.290. The fourth-order valence-electron chi connectivity index (χ4n) is 1.10. The van der Waals surface area contributed by atoms with Crippen molar-refractivity contribution in [3.63, 3.8) is 0 Å². The van der Waals surface area contributed by atoms with E-state index in [9.17, 15) is 13.2 Å². The Bertz CT molecular complexity index is 283. The number of Topliss-reactive ketones (excluding diaryl/α,β-unsaturated/α-hetero) is 1. The molecule has 90 valence electrons. The molecule has 0 spiro atoms. The third-order valence-corrected chi connectivity index (χ3v) is 5.05. The highest BCUT2D eigenvalue weighted by atomic mass is 79.9. The number of halogens is 1. The Hall–Kier alpha value is 0.1000. The average molecular weight is 299 g/mol. The van der Waals surface area contributed by atoms with E-state index in [1.807, 2.05) is 0 Å². The Labute approximate surface area is 101 Å². The predicted molar refractivity (Wildman–Crippen MR) is 66.2 cm³/mol. The molecule has 0 aromatic rings. The van der Waals surface area contributed by atoms with Gasteiger partial charge in [-0.3, -0.25) is 4.79 Å². The lowest BCUT2D eigenvalue weighted by atomic mass is 10.1. The quantitative estimate of drug-likeness (QED) is 0.646. The van der Waals surface area contributed by atoms with Gasteiger partial charge in [-0.05, 0) is 26.7 Å². The number of ketones is 1. The lowest BCUT2D eigenvalue weighted by molar-refractivity contribution is -0.119. The number of sulfone groups is 1. The van der Waals surface area contributed by atoms with Gasteiger partial charge in [0.25, 0.3) is 0 Å². The first-order valence-electron chi connectivity index (χ1n) is 5.19. The summed E-state index contributed by atoms with van der Waals surface area (Å²) in [6.45, 7) is 3.34. The molecule has 0 unspecified atom stereocenters. The molecule has 5 heteroatoms. The van der Waals surface area contributed by atoms with Gasteiger partial charge >= 0.3 is 0 Å². The molecule has 0 aliphatic carbocycles. The third-order valence-electron chi connectivity index (χ3n) is 2.19. The summed E-state index contributed by atoms with van der Waals surface area (Å²) >= 11 is 3.25. The van der Waals surface area contributed by atoms with Crippen LogP contribution in [-0.4, -0.2) is 30.5 Å². The van der Waals surface area contributed by atoms with Crippen LogP contribution in [-0.2, 0) is 14.6 Å².